The Hall–Kier alpha value is -2.30. The molecule has 0 aliphatic heterocycles. The quantitative estimate of drug-likeness (QED) is 0.756. The first-order chi connectivity index (χ1) is 12.2. The van der Waals surface area contributed by atoms with Crippen molar-refractivity contribution in [2.45, 2.75) is 34.6 Å². The van der Waals surface area contributed by atoms with Crippen LogP contribution in [0.2, 0.25) is 0 Å². The van der Waals surface area contributed by atoms with E-state index in [-0.39, 0.29) is 35.6 Å². The Bertz CT molecular complexity index is 705. The summed E-state index contributed by atoms with van der Waals surface area (Å²) in [4.78, 5) is 27.0. The van der Waals surface area contributed by atoms with Crippen molar-refractivity contribution in [3.8, 4) is 5.75 Å². The Morgan fingerprint density at radius 1 is 1.27 bits per heavy atom. The van der Waals surface area contributed by atoms with Crippen LogP contribution >= 0.6 is 0 Å². The number of nitrogens with zero attached hydrogens (tertiary/aromatic N) is 1. The molecule has 0 saturated heterocycles. The van der Waals surface area contributed by atoms with Gasteiger partial charge in [0.05, 0.1) is 25.3 Å². The van der Waals surface area contributed by atoms with Crippen LogP contribution in [0.5, 0.6) is 5.75 Å². The number of rotatable bonds is 7. The van der Waals surface area contributed by atoms with Crippen LogP contribution in [0.4, 0.5) is 5.69 Å². The molecule has 0 bridgehead atoms. The Labute approximate surface area is 156 Å². The number of allylic oxidation sites excluding steroid dienone is 2. The van der Waals surface area contributed by atoms with Gasteiger partial charge < -0.3 is 15.0 Å². The van der Waals surface area contributed by atoms with E-state index in [4.69, 9.17) is 4.74 Å². The SMILES string of the molecule is CCN(CC(=O)Nc1ccccc1OC)C(=O)C1C(C=C(C)C)C1(C)C. The molecule has 2 amide bonds. The molecular formula is C21H30N2O3. The van der Waals surface area contributed by atoms with Crippen molar-refractivity contribution in [2.75, 3.05) is 25.5 Å². The normalized spacial score (nSPS) is 20.1. The summed E-state index contributed by atoms with van der Waals surface area (Å²) in [5, 5.41) is 2.83. The molecule has 1 aliphatic carbocycles. The van der Waals surface area contributed by atoms with Crippen molar-refractivity contribution in [1.29, 1.82) is 0 Å². The predicted octanol–water partition coefficient (Wildman–Crippen LogP) is 3.72. The molecule has 5 heteroatoms. The lowest BCUT2D eigenvalue weighted by atomic mass is 10.1. The molecule has 26 heavy (non-hydrogen) atoms. The van der Waals surface area contributed by atoms with Crippen LogP contribution in [0.25, 0.3) is 0 Å². The molecule has 0 spiro atoms. The van der Waals surface area contributed by atoms with Gasteiger partial charge >= 0.3 is 0 Å². The lowest BCUT2D eigenvalue weighted by Crippen LogP contribution is -2.39. The van der Waals surface area contributed by atoms with E-state index in [2.05, 4.69) is 25.2 Å². The van der Waals surface area contributed by atoms with Crippen LogP contribution < -0.4 is 10.1 Å². The summed E-state index contributed by atoms with van der Waals surface area (Å²) in [7, 11) is 1.56. The Kier molecular flexibility index (Phi) is 6.11. The molecule has 5 nitrogen and oxygen atoms in total. The number of ether oxygens (including phenoxy) is 1. The Balaban J connectivity index is 2.04. The highest BCUT2D eigenvalue weighted by molar-refractivity contribution is 5.96. The lowest BCUT2D eigenvalue weighted by Gasteiger charge is -2.21. The first-order valence-corrected chi connectivity index (χ1v) is 9.09. The van der Waals surface area contributed by atoms with Gasteiger partial charge in [-0.3, -0.25) is 9.59 Å². The fourth-order valence-corrected chi connectivity index (χ4v) is 3.47. The first-order valence-electron chi connectivity index (χ1n) is 9.09. The molecule has 1 aromatic carbocycles. The minimum Gasteiger partial charge on any atom is -0.495 e. The summed E-state index contributed by atoms with van der Waals surface area (Å²) in [6.45, 7) is 10.8. The molecular weight excluding hydrogens is 328 g/mol. The van der Waals surface area contributed by atoms with Crippen molar-refractivity contribution in [1.82, 2.24) is 4.90 Å². The zero-order valence-electron chi connectivity index (χ0n) is 16.6. The van der Waals surface area contributed by atoms with E-state index in [0.29, 0.717) is 18.0 Å². The fraction of sp³-hybridized carbons (Fsp3) is 0.524. The van der Waals surface area contributed by atoms with Crippen LogP contribution in [0.3, 0.4) is 0 Å². The standard InChI is InChI=1S/C21H30N2O3/c1-7-23(20(25)19-15(12-14(2)3)21(19,4)5)13-18(24)22-16-10-8-9-11-17(16)26-6/h8-12,15,19H,7,13H2,1-6H3,(H,22,24). The summed E-state index contributed by atoms with van der Waals surface area (Å²) >= 11 is 0. The van der Waals surface area contributed by atoms with Crippen LogP contribution in [0, 0.1) is 17.3 Å². The highest BCUT2D eigenvalue weighted by Gasteiger charge is 2.61. The summed E-state index contributed by atoms with van der Waals surface area (Å²) in [5.74, 6) is 0.613. The minimum absolute atomic E-state index is 0.0432. The van der Waals surface area contributed by atoms with Gasteiger partial charge in [-0.1, -0.05) is 37.6 Å². The minimum atomic E-state index is -0.220. The number of anilines is 1. The summed E-state index contributed by atoms with van der Waals surface area (Å²) in [6.07, 6.45) is 2.17. The van der Waals surface area contributed by atoms with E-state index in [1.807, 2.05) is 32.9 Å². The van der Waals surface area contributed by atoms with E-state index in [1.165, 1.54) is 5.57 Å². The molecule has 2 rings (SSSR count). The van der Waals surface area contributed by atoms with Gasteiger partial charge in [-0.25, -0.2) is 0 Å². The van der Waals surface area contributed by atoms with Crippen LogP contribution in [-0.4, -0.2) is 36.9 Å². The molecule has 0 heterocycles. The van der Waals surface area contributed by atoms with Crippen molar-refractivity contribution in [2.24, 2.45) is 17.3 Å². The van der Waals surface area contributed by atoms with E-state index in [9.17, 15) is 9.59 Å². The molecule has 2 unspecified atom stereocenters. The number of amides is 2. The Morgan fingerprint density at radius 2 is 1.92 bits per heavy atom. The van der Waals surface area contributed by atoms with Gasteiger partial charge in [0.1, 0.15) is 5.75 Å². The number of carbonyl (C=O) groups excluding carboxylic acids is 2. The average Bonchev–Trinajstić information content (AvgIpc) is 3.11. The van der Waals surface area contributed by atoms with Gasteiger partial charge in [-0.05, 0) is 44.2 Å². The van der Waals surface area contributed by atoms with Gasteiger partial charge in [-0.15, -0.1) is 0 Å². The highest BCUT2D eigenvalue weighted by atomic mass is 16.5. The number of benzene rings is 1. The van der Waals surface area contributed by atoms with Crippen LogP contribution in [0.15, 0.2) is 35.9 Å². The molecule has 2 atom stereocenters. The maximum absolute atomic E-state index is 12.9. The van der Waals surface area contributed by atoms with Crippen molar-refractivity contribution < 1.29 is 14.3 Å². The second-order valence-corrected chi connectivity index (χ2v) is 7.67. The van der Waals surface area contributed by atoms with Crippen molar-refractivity contribution in [3.63, 3.8) is 0 Å². The first kappa shape index (κ1) is 20.0. The third-order valence-corrected chi connectivity index (χ3v) is 5.10. The van der Waals surface area contributed by atoms with E-state index in [0.717, 1.165) is 0 Å². The monoisotopic (exact) mass is 358 g/mol. The van der Waals surface area contributed by atoms with Crippen molar-refractivity contribution in [3.05, 3.63) is 35.9 Å². The smallest absolute Gasteiger partial charge is 0.244 e. The topological polar surface area (TPSA) is 58.6 Å². The van der Waals surface area contributed by atoms with Gasteiger partial charge in [0.2, 0.25) is 11.8 Å². The predicted molar refractivity (Wildman–Crippen MR) is 104 cm³/mol. The zero-order chi connectivity index (χ0) is 19.5. The second-order valence-electron chi connectivity index (χ2n) is 7.67. The number of likely N-dealkylation sites (N-methyl/N-ethyl adjacent to an activating group) is 1. The fourth-order valence-electron chi connectivity index (χ4n) is 3.47. The molecule has 142 valence electrons. The third-order valence-electron chi connectivity index (χ3n) is 5.10. The van der Waals surface area contributed by atoms with Crippen molar-refractivity contribution >= 4 is 17.5 Å². The number of nitrogens with one attached hydrogen (secondary N) is 1. The lowest BCUT2D eigenvalue weighted by molar-refractivity contribution is -0.136. The molecule has 1 aliphatic rings. The van der Waals surface area contributed by atoms with Gasteiger partial charge in [-0.2, -0.15) is 0 Å². The number of carbonyl (C=O) groups is 2. The second kappa shape index (κ2) is 7.94. The summed E-state index contributed by atoms with van der Waals surface area (Å²) in [6, 6.07) is 7.24. The summed E-state index contributed by atoms with van der Waals surface area (Å²) < 4.78 is 5.25. The number of methoxy groups -OCH3 is 1. The van der Waals surface area contributed by atoms with E-state index in [1.54, 1.807) is 24.1 Å². The summed E-state index contributed by atoms with van der Waals surface area (Å²) in [5.41, 5.74) is 1.77. The third kappa shape index (κ3) is 4.26. The maximum atomic E-state index is 12.9. The van der Waals surface area contributed by atoms with Crippen LogP contribution in [0.1, 0.15) is 34.6 Å². The maximum Gasteiger partial charge on any atom is 0.244 e. The highest BCUT2D eigenvalue weighted by Crippen LogP contribution is 2.60. The van der Waals surface area contributed by atoms with E-state index >= 15 is 0 Å². The molecule has 1 fully saturated rings. The zero-order valence-corrected chi connectivity index (χ0v) is 16.6. The number of para-hydroxylation sites is 2. The molecule has 1 N–H and O–H groups in total. The average molecular weight is 358 g/mol. The van der Waals surface area contributed by atoms with Crippen LogP contribution in [-0.2, 0) is 9.59 Å². The molecule has 1 saturated carbocycles. The number of hydrogen-bond donors (Lipinski definition) is 1. The molecule has 1 aromatic rings. The van der Waals surface area contributed by atoms with E-state index < -0.39 is 0 Å². The Morgan fingerprint density at radius 3 is 2.50 bits per heavy atom. The molecule has 0 radical (unpaired) electrons. The largest absolute Gasteiger partial charge is 0.495 e. The molecule has 0 aromatic heterocycles. The number of hydrogen-bond acceptors (Lipinski definition) is 3. The van der Waals surface area contributed by atoms with Gasteiger partial charge in [0, 0.05) is 6.54 Å². The van der Waals surface area contributed by atoms with Gasteiger partial charge in [0.15, 0.2) is 0 Å². The van der Waals surface area contributed by atoms with Gasteiger partial charge in [0.25, 0.3) is 0 Å².